The minimum atomic E-state index is 0.184. The summed E-state index contributed by atoms with van der Waals surface area (Å²) >= 11 is 0. The first kappa shape index (κ1) is 8.70. The Morgan fingerprint density at radius 2 is 2.31 bits per heavy atom. The first-order valence-corrected chi connectivity index (χ1v) is 4.84. The van der Waals surface area contributed by atoms with Crippen LogP contribution in [0, 0.1) is 5.41 Å². The van der Waals surface area contributed by atoms with E-state index in [2.05, 4.69) is 11.1 Å². The van der Waals surface area contributed by atoms with E-state index in [1.807, 2.05) is 12.3 Å². The third kappa shape index (κ3) is 1.73. The highest BCUT2D eigenvalue weighted by Gasteiger charge is 2.36. The van der Waals surface area contributed by atoms with Crippen molar-refractivity contribution in [3.8, 4) is 0 Å². The Bertz CT molecular complexity index is 261. The summed E-state index contributed by atoms with van der Waals surface area (Å²) in [7, 11) is 0. The predicted octanol–water partition coefficient (Wildman–Crippen LogP) is 1.79. The van der Waals surface area contributed by atoms with Gasteiger partial charge in [-0.15, -0.1) is 0 Å². The topological polar surface area (TPSA) is 33.1 Å². The minimum Gasteiger partial charge on any atom is -0.396 e. The van der Waals surface area contributed by atoms with Crippen LogP contribution in [0.25, 0.3) is 0 Å². The first-order valence-electron chi connectivity index (χ1n) is 4.84. The van der Waals surface area contributed by atoms with E-state index in [4.69, 9.17) is 0 Å². The van der Waals surface area contributed by atoms with Crippen LogP contribution in [0.2, 0.25) is 0 Å². The summed E-state index contributed by atoms with van der Waals surface area (Å²) in [6.07, 6.45) is 8.26. The van der Waals surface area contributed by atoms with Crippen molar-refractivity contribution in [1.82, 2.24) is 4.98 Å². The average molecular weight is 177 g/mol. The highest BCUT2D eigenvalue weighted by Crippen LogP contribution is 2.42. The summed E-state index contributed by atoms with van der Waals surface area (Å²) in [5.74, 6) is 0. The molecule has 1 aromatic heterocycles. The second-order valence-corrected chi connectivity index (χ2v) is 4.05. The second-order valence-electron chi connectivity index (χ2n) is 4.05. The molecule has 1 aliphatic carbocycles. The molecule has 0 aliphatic heterocycles. The Morgan fingerprint density at radius 3 is 2.77 bits per heavy atom. The van der Waals surface area contributed by atoms with Crippen molar-refractivity contribution in [2.45, 2.75) is 25.7 Å². The molecule has 1 saturated carbocycles. The van der Waals surface area contributed by atoms with Gasteiger partial charge in [0.05, 0.1) is 0 Å². The maximum atomic E-state index is 9.28. The fraction of sp³-hybridized carbons (Fsp3) is 0.545. The highest BCUT2D eigenvalue weighted by molar-refractivity contribution is 5.12. The number of aromatic nitrogens is 1. The van der Waals surface area contributed by atoms with Crippen LogP contribution in [0.4, 0.5) is 0 Å². The molecule has 0 radical (unpaired) electrons. The fourth-order valence-corrected chi connectivity index (χ4v) is 2.00. The maximum absolute atomic E-state index is 9.28. The van der Waals surface area contributed by atoms with Crippen LogP contribution in [0.15, 0.2) is 24.5 Å². The Kier molecular flexibility index (Phi) is 2.32. The molecule has 0 atom stereocenters. The predicted molar refractivity (Wildman–Crippen MR) is 51.3 cm³/mol. The molecule has 2 nitrogen and oxygen atoms in total. The van der Waals surface area contributed by atoms with Gasteiger partial charge in [0.15, 0.2) is 0 Å². The van der Waals surface area contributed by atoms with Crippen molar-refractivity contribution >= 4 is 0 Å². The lowest BCUT2D eigenvalue weighted by atomic mass is 9.66. The molecule has 0 aromatic carbocycles. The number of hydrogen-bond acceptors (Lipinski definition) is 2. The van der Waals surface area contributed by atoms with Crippen molar-refractivity contribution < 1.29 is 5.11 Å². The van der Waals surface area contributed by atoms with Gasteiger partial charge in [0.2, 0.25) is 0 Å². The number of pyridine rings is 1. The normalized spacial score (nSPS) is 19.5. The molecule has 1 heterocycles. The molecule has 1 N–H and O–H groups in total. The third-order valence-corrected chi connectivity index (χ3v) is 3.05. The molecule has 0 amide bonds. The number of aliphatic hydroxyl groups is 1. The van der Waals surface area contributed by atoms with Crippen molar-refractivity contribution in [2.75, 3.05) is 6.61 Å². The van der Waals surface area contributed by atoms with Gasteiger partial charge in [-0.3, -0.25) is 4.98 Å². The van der Waals surface area contributed by atoms with Crippen LogP contribution in [-0.4, -0.2) is 16.7 Å². The van der Waals surface area contributed by atoms with Crippen LogP contribution in [0.3, 0.4) is 0 Å². The SMILES string of the molecule is OCC1(Cc2cccnc2)CCC1. The van der Waals surface area contributed by atoms with E-state index < -0.39 is 0 Å². The monoisotopic (exact) mass is 177 g/mol. The van der Waals surface area contributed by atoms with Gasteiger partial charge in [0.25, 0.3) is 0 Å². The standard InChI is InChI=1S/C11H15NO/c13-9-11(4-2-5-11)7-10-3-1-6-12-8-10/h1,3,6,8,13H,2,4-5,7,9H2. The van der Waals surface area contributed by atoms with E-state index in [-0.39, 0.29) is 5.41 Å². The van der Waals surface area contributed by atoms with Crippen LogP contribution in [0.1, 0.15) is 24.8 Å². The zero-order valence-corrected chi connectivity index (χ0v) is 7.74. The van der Waals surface area contributed by atoms with E-state index >= 15 is 0 Å². The summed E-state index contributed by atoms with van der Waals surface area (Å²) in [6.45, 7) is 0.321. The first-order chi connectivity index (χ1) is 6.35. The number of hydrogen-bond donors (Lipinski definition) is 1. The van der Waals surface area contributed by atoms with Gasteiger partial charge in [0, 0.05) is 19.0 Å². The molecule has 13 heavy (non-hydrogen) atoms. The zero-order chi connectivity index (χ0) is 9.15. The summed E-state index contributed by atoms with van der Waals surface area (Å²) in [5.41, 5.74) is 1.43. The zero-order valence-electron chi connectivity index (χ0n) is 7.74. The molecule has 1 aliphatic rings. The number of nitrogens with zero attached hydrogens (tertiary/aromatic N) is 1. The van der Waals surface area contributed by atoms with Crippen molar-refractivity contribution in [1.29, 1.82) is 0 Å². The van der Waals surface area contributed by atoms with Gasteiger partial charge in [-0.25, -0.2) is 0 Å². The molecule has 2 rings (SSSR count). The lowest BCUT2D eigenvalue weighted by Gasteiger charge is -2.40. The minimum absolute atomic E-state index is 0.184. The van der Waals surface area contributed by atoms with Gasteiger partial charge in [-0.2, -0.15) is 0 Å². The van der Waals surface area contributed by atoms with Gasteiger partial charge >= 0.3 is 0 Å². The smallest absolute Gasteiger partial charge is 0.0490 e. The molecule has 2 heteroatoms. The molecule has 1 fully saturated rings. The molecule has 0 unspecified atom stereocenters. The maximum Gasteiger partial charge on any atom is 0.0490 e. The van der Waals surface area contributed by atoms with Crippen molar-refractivity contribution in [3.05, 3.63) is 30.1 Å². The Balaban J connectivity index is 2.05. The average Bonchev–Trinajstić information content (AvgIpc) is 2.13. The molecule has 0 spiro atoms. The summed E-state index contributed by atoms with van der Waals surface area (Å²) in [4.78, 5) is 4.08. The Hall–Kier alpha value is -0.890. The van der Waals surface area contributed by atoms with E-state index in [0.717, 1.165) is 6.42 Å². The lowest BCUT2D eigenvalue weighted by Crippen LogP contribution is -2.35. The molecular formula is C11H15NO. The van der Waals surface area contributed by atoms with E-state index in [9.17, 15) is 5.11 Å². The van der Waals surface area contributed by atoms with Crippen LogP contribution in [0.5, 0.6) is 0 Å². The summed E-state index contributed by atoms with van der Waals surface area (Å²) in [6, 6.07) is 4.04. The highest BCUT2D eigenvalue weighted by atomic mass is 16.3. The van der Waals surface area contributed by atoms with Crippen molar-refractivity contribution in [3.63, 3.8) is 0 Å². The van der Waals surface area contributed by atoms with Gasteiger partial charge in [-0.1, -0.05) is 12.5 Å². The number of aliphatic hydroxyl groups excluding tert-OH is 1. The second kappa shape index (κ2) is 3.46. The van der Waals surface area contributed by atoms with Crippen molar-refractivity contribution in [2.24, 2.45) is 5.41 Å². The molecular weight excluding hydrogens is 162 g/mol. The largest absolute Gasteiger partial charge is 0.396 e. The fourth-order valence-electron chi connectivity index (χ4n) is 2.00. The molecule has 0 saturated heterocycles. The Labute approximate surface area is 78.6 Å². The van der Waals surface area contributed by atoms with Gasteiger partial charge in [0.1, 0.15) is 0 Å². The summed E-state index contributed by atoms with van der Waals surface area (Å²) < 4.78 is 0. The van der Waals surface area contributed by atoms with Crippen LogP contribution in [-0.2, 0) is 6.42 Å². The van der Waals surface area contributed by atoms with E-state index in [0.29, 0.717) is 6.61 Å². The van der Waals surface area contributed by atoms with Crippen LogP contribution >= 0.6 is 0 Å². The molecule has 0 bridgehead atoms. The number of rotatable bonds is 3. The van der Waals surface area contributed by atoms with E-state index in [1.54, 1.807) is 6.20 Å². The van der Waals surface area contributed by atoms with E-state index in [1.165, 1.54) is 24.8 Å². The van der Waals surface area contributed by atoms with Gasteiger partial charge in [-0.05, 0) is 36.3 Å². The van der Waals surface area contributed by atoms with Gasteiger partial charge < -0.3 is 5.11 Å². The quantitative estimate of drug-likeness (QED) is 0.763. The lowest BCUT2D eigenvalue weighted by molar-refractivity contribution is 0.0449. The summed E-state index contributed by atoms with van der Waals surface area (Å²) in [5, 5.41) is 9.28. The molecule has 70 valence electrons. The third-order valence-electron chi connectivity index (χ3n) is 3.05. The van der Waals surface area contributed by atoms with Crippen LogP contribution < -0.4 is 0 Å². The Morgan fingerprint density at radius 1 is 1.46 bits per heavy atom. The molecule has 1 aromatic rings.